The van der Waals surface area contributed by atoms with Gasteiger partial charge in [0.05, 0.1) is 6.07 Å². The third-order valence-electron chi connectivity index (χ3n) is 2.50. The first-order valence-corrected chi connectivity index (χ1v) is 4.98. The molecular formula is C10H17N3O. The molecule has 0 aromatic heterocycles. The van der Waals surface area contributed by atoms with Crippen LogP contribution in [0.25, 0.3) is 0 Å². The molecule has 0 aliphatic carbocycles. The minimum atomic E-state index is -0.791. The van der Waals surface area contributed by atoms with E-state index in [2.05, 4.69) is 16.3 Å². The number of hydrogen-bond donors (Lipinski definition) is 1. The Morgan fingerprint density at radius 2 is 2.21 bits per heavy atom. The largest absolute Gasteiger partial charge is 0.352 e. The van der Waals surface area contributed by atoms with Gasteiger partial charge in [-0.15, -0.1) is 0 Å². The van der Waals surface area contributed by atoms with Crippen LogP contribution in [-0.4, -0.2) is 36.5 Å². The number of nitrogens with one attached hydrogen (secondary N) is 1. The van der Waals surface area contributed by atoms with Crippen LogP contribution < -0.4 is 5.32 Å². The van der Waals surface area contributed by atoms with Crippen molar-refractivity contribution in [3.05, 3.63) is 0 Å². The van der Waals surface area contributed by atoms with Crippen LogP contribution in [0.2, 0.25) is 0 Å². The van der Waals surface area contributed by atoms with Crippen molar-refractivity contribution in [2.45, 2.75) is 26.8 Å². The van der Waals surface area contributed by atoms with Gasteiger partial charge in [-0.25, -0.2) is 0 Å². The minimum Gasteiger partial charge on any atom is -0.352 e. The highest BCUT2D eigenvalue weighted by Crippen LogP contribution is 2.29. The number of amides is 1. The fourth-order valence-electron chi connectivity index (χ4n) is 1.61. The molecule has 0 aromatic rings. The first-order chi connectivity index (χ1) is 6.54. The maximum Gasteiger partial charge on any atom is 0.243 e. The summed E-state index contributed by atoms with van der Waals surface area (Å²) in [5.74, 6) is -0.125. The smallest absolute Gasteiger partial charge is 0.243 e. The summed E-state index contributed by atoms with van der Waals surface area (Å²) in [5.41, 5.74) is -0.791. The van der Waals surface area contributed by atoms with Crippen LogP contribution in [-0.2, 0) is 4.79 Å². The van der Waals surface area contributed by atoms with Gasteiger partial charge in [0.15, 0.2) is 5.41 Å². The predicted molar refractivity (Wildman–Crippen MR) is 53.4 cm³/mol. The molecule has 0 unspecified atom stereocenters. The van der Waals surface area contributed by atoms with Crippen LogP contribution in [0, 0.1) is 16.7 Å². The fraction of sp³-hybridized carbons (Fsp3) is 0.800. The Kier molecular flexibility index (Phi) is 3.12. The summed E-state index contributed by atoms with van der Waals surface area (Å²) in [6.45, 7) is 7.87. The van der Waals surface area contributed by atoms with Gasteiger partial charge in [0, 0.05) is 19.1 Å². The van der Waals surface area contributed by atoms with Crippen LogP contribution >= 0.6 is 0 Å². The van der Waals surface area contributed by atoms with E-state index in [1.165, 1.54) is 0 Å². The molecule has 0 aromatic carbocycles. The molecule has 0 bridgehead atoms. The lowest BCUT2D eigenvalue weighted by Crippen LogP contribution is -2.62. The van der Waals surface area contributed by atoms with Crippen LogP contribution in [0.15, 0.2) is 0 Å². The van der Waals surface area contributed by atoms with Crippen molar-refractivity contribution < 1.29 is 4.79 Å². The molecule has 1 aliphatic heterocycles. The molecule has 1 saturated heterocycles. The molecule has 1 aliphatic rings. The Bertz CT molecular complexity index is 261. The van der Waals surface area contributed by atoms with Gasteiger partial charge >= 0.3 is 0 Å². The molecule has 14 heavy (non-hydrogen) atoms. The lowest BCUT2D eigenvalue weighted by atomic mass is 9.80. The molecule has 4 nitrogen and oxygen atoms in total. The van der Waals surface area contributed by atoms with Gasteiger partial charge in [0.1, 0.15) is 0 Å². The number of hydrogen-bond acceptors (Lipinski definition) is 3. The average molecular weight is 195 g/mol. The van der Waals surface area contributed by atoms with Crippen molar-refractivity contribution in [2.24, 2.45) is 5.41 Å². The SMILES string of the molecule is CCN1CC(C#N)(C(=O)NC(C)C)C1. The highest BCUT2D eigenvalue weighted by molar-refractivity contribution is 5.87. The van der Waals surface area contributed by atoms with Gasteiger partial charge in [-0.05, 0) is 20.4 Å². The lowest BCUT2D eigenvalue weighted by Gasteiger charge is -2.43. The van der Waals surface area contributed by atoms with E-state index in [-0.39, 0.29) is 11.9 Å². The van der Waals surface area contributed by atoms with E-state index in [9.17, 15) is 4.79 Å². The summed E-state index contributed by atoms with van der Waals surface area (Å²) in [6.07, 6.45) is 0. The fourth-order valence-corrected chi connectivity index (χ4v) is 1.61. The van der Waals surface area contributed by atoms with Gasteiger partial charge < -0.3 is 5.32 Å². The molecule has 0 spiro atoms. The number of carbonyl (C=O) groups is 1. The molecular weight excluding hydrogens is 178 g/mol. The second-order valence-corrected chi connectivity index (χ2v) is 4.13. The van der Waals surface area contributed by atoms with Crippen molar-refractivity contribution in [2.75, 3.05) is 19.6 Å². The number of nitriles is 1. The van der Waals surface area contributed by atoms with Gasteiger partial charge in [-0.2, -0.15) is 5.26 Å². The summed E-state index contributed by atoms with van der Waals surface area (Å²) in [7, 11) is 0. The van der Waals surface area contributed by atoms with Crippen molar-refractivity contribution in [3.8, 4) is 6.07 Å². The Balaban J connectivity index is 2.57. The van der Waals surface area contributed by atoms with Crippen LogP contribution in [0.1, 0.15) is 20.8 Å². The standard InChI is InChI=1S/C10H17N3O/c1-4-13-6-10(5-11,7-13)9(14)12-8(2)3/h8H,4,6-7H2,1-3H3,(H,12,14). The highest BCUT2D eigenvalue weighted by Gasteiger charge is 2.49. The zero-order valence-corrected chi connectivity index (χ0v) is 9.00. The maximum atomic E-state index is 11.7. The summed E-state index contributed by atoms with van der Waals surface area (Å²) in [6, 6.07) is 2.23. The third kappa shape index (κ3) is 1.88. The molecule has 0 saturated carbocycles. The van der Waals surface area contributed by atoms with E-state index in [0.29, 0.717) is 13.1 Å². The molecule has 1 fully saturated rings. The number of likely N-dealkylation sites (tertiary alicyclic amines) is 1. The van der Waals surface area contributed by atoms with Crippen molar-refractivity contribution in [1.82, 2.24) is 10.2 Å². The number of rotatable bonds is 3. The highest BCUT2D eigenvalue weighted by atomic mass is 16.2. The summed E-state index contributed by atoms with van der Waals surface area (Å²) >= 11 is 0. The normalized spacial score (nSPS) is 19.9. The summed E-state index contributed by atoms with van der Waals surface area (Å²) in [5, 5.41) is 11.8. The number of carbonyl (C=O) groups excluding carboxylic acids is 1. The minimum absolute atomic E-state index is 0.100. The van der Waals surface area contributed by atoms with Gasteiger partial charge in [-0.3, -0.25) is 9.69 Å². The van der Waals surface area contributed by atoms with Crippen LogP contribution in [0.3, 0.4) is 0 Å². The van der Waals surface area contributed by atoms with Gasteiger partial charge in [0.2, 0.25) is 5.91 Å². The van der Waals surface area contributed by atoms with E-state index in [4.69, 9.17) is 5.26 Å². The molecule has 78 valence electrons. The molecule has 0 atom stereocenters. The van der Waals surface area contributed by atoms with Crippen LogP contribution in [0.5, 0.6) is 0 Å². The van der Waals surface area contributed by atoms with Gasteiger partial charge in [0.25, 0.3) is 0 Å². The first kappa shape index (κ1) is 11.0. The Morgan fingerprint density at radius 3 is 2.57 bits per heavy atom. The maximum absolute atomic E-state index is 11.7. The van der Waals surface area contributed by atoms with Crippen LogP contribution in [0.4, 0.5) is 0 Å². The molecule has 1 heterocycles. The zero-order valence-electron chi connectivity index (χ0n) is 9.00. The van der Waals surface area contributed by atoms with E-state index in [1.807, 2.05) is 20.8 Å². The Hall–Kier alpha value is -1.08. The van der Waals surface area contributed by atoms with E-state index < -0.39 is 5.41 Å². The predicted octanol–water partition coefficient (Wildman–Crippen LogP) is 0.356. The second kappa shape index (κ2) is 3.97. The lowest BCUT2D eigenvalue weighted by molar-refractivity contribution is -0.136. The molecule has 1 rings (SSSR count). The van der Waals surface area contributed by atoms with E-state index >= 15 is 0 Å². The van der Waals surface area contributed by atoms with Crippen molar-refractivity contribution >= 4 is 5.91 Å². The molecule has 4 heteroatoms. The quantitative estimate of drug-likeness (QED) is 0.707. The molecule has 1 amide bonds. The Morgan fingerprint density at radius 1 is 1.64 bits per heavy atom. The number of nitrogens with zero attached hydrogens (tertiary/aromatic N) is 2. The van der Waals surface area contributed by atoms with E-state index in [0.717, 1.165) is 6.54 Å². The first-order valence-electron chi connectivity index (χ1n) is 4.98. The molecule has 1 N–H and O–H groups in total. The monoisotopic (exact) mass is 195 g/mol. The van der Waals surface area contributed by atoms with E-state index in [1.54, 1.807) is 0 Å². The Labute approximate surface area is 84.9 Å². The van der Waals surface area contributed by atoms with Gasteiger partial charge in [-0.1, -0.05) is 6.92 Å². The third-order valence-corrected chi connectivity index (χ3v) is 2.50. The second-order valence-electron chi connectivity index (χ2n) is 4.13. The van der Waals surface area contributed by atoms with Crippen molar-refractivity contribution in [3.63, 3.8) is 0 Å². The topological polar surface area (TPSA) is 56.1 Å². The summed E-state index contributed by atoms with van der Waals surface area (Å²) in [4.78, 5) is 13.8. The zero-order chi connectivity index (χ0) is 10.8. The summed E-state index contributed by atoms with van der Waals surface area (Å²) < 4.78 is 0. The average Bonchev–Trinajstić information content (AvgIpc) is 2.02. The molecule has 0 radical (unpaired) electrons. The van der Waals surface area contributed by atoms with Crippen molar-refractivity contribution in [1.29, 1.82) is 5.26 Å².